The molecular formula is C24H21FN6OS. The van der Waals surface area contributed by atoms with E-state index in [9.17, 15) is 4.39 Å². The van der Waals surface area contributed by atoms with Crippen molar-refractivity contribution in [3.05, 3.63) is 76.7 Å². The van der Waals surface area contributed by atoms with E-state index in [2.05, 4.69) is 26.8 Å². The van der Waals surface area contributed by atoms with E-state index >= 15 is 0 Å². The summed E-state index contributed by atoms with van der Waals surface area (Å²) in [5.41, 5.74) is 9.11. The molecule has 0 unspecified atom stereocenters. The van der Waals surface area contributed by atoms with Crippen molar-refractivity contribution in [3.8, 4) is 22.7 Å². The summed E-state index contributed by atoms with van der Waals surface area (Å²) < 4.78 is 20.3. The van der Waals surface area contributed by atoms with Crippen molar-refractivity contribution in [3.63, 3.8) is 0 Å². The Morgan fingerprint density at radius 2 is 1.85 bits per heavy atom. The maximum atomic E-state index is 13.4. The topological polar surface area (TPSA) is 90.9 Å². The second-order valence-electron chi connectivity index (χ2n) is 7.35. The molecule has 166 valence electrons. The van der Waals surface area contributed by atoms with Gasteiger partial charge < -0.3 is 15.8 Å². The molecule has 33 heavy (non-hydrogen) atoms. The molecule has 0 saturated carbocycles. The predicted octanol–water partition coefficient (Wildman–Crippen LogP) is 4.93. The quantitative estimate of drug-likeness (QED) is 0.358. The number of aromatic nitrogens is 4. The van der Waals surface area contributed by atoms with E-state index in [1.807, 2.05) is 30.3 Å². The van der Waals surface area contributed by atoms with Gasteiger partial charge in [-0.15, -0.1) is 16.4 Å². The minimum atomic E-state index is -0.329. The van der Waals surface area contributed by atoms with Gasteiger partial charge in [-0.2, -0.15) is 4.98 Å². The number of rotatable bonds is 7. The fraction of sp³-hybridized carbons (Fsp3) is 0.125. The highest BCUT2D eigenvalue weighted by Gasteiger charge is 2.19. The van der Waals surface area contributed by atoms with Crippen molar-refractivity contribution >= 4 is 34.1 Å². The number of ether oxygens (including phenoxy) is 1. The molecule has 3 aromatic heterocycles. The van der Waals surface area contributed by atoms with Crippen LogP contribution < -0.4 is 15.8 Å². The van der Waals surface area contributed by atoms with Crippen LogP contribution in [0.15, 0.2) is 66.0 Å². The second kappa shape index (κ2) is 8.87. The largest absolute Gasteiger partial charge is 0.497 e. The maximum Gasteiger partial charge on any atom is 0.225 e. The zero-order valence-corrected chi connectivity index (χ0v) is 18.6. The SMILES string of the molecule is COc1ccc(-c2nc(NCCc3cccs3)nc3nn(-c4ccc(F)cc4)c(N)c23)cc1. The Morgan fingerprint density at radius 1 is 1.06 bits per heavy atom. The molecular weight excluding hydrogens is 439 g/mol. The smallest absolute Gasteiger partial charge is 0.225 e. The van der Waals surface area contributed by atoms with Crippen molar-refractivity contribution in [2.75, 3.05) is 24.7 Å². The number of halogens is 1. The summed E-state index contributed by atoms with van der Waals surface area (Å²) in [6, 6.07) is 17.7. The average Bonchev–Trinajstić information content (AvgIpc) is 3.47. The normalized spacial score (nSPS) is 11.1. The Kier molecular flexibility index (Phi) is 5.62. The summed E-state index contributed by atoms with van der Waals surface area (Å²) in [5, 5.41) is 10.6. The Balaban J connectivity index is 1.59. The zero-order valence-electron chi connectivity index (χ0n) is 17.8. The van der Waals surface area contributed by atoms with E-state index in [0.29, 0.717) is 40.7 Å². The minimum Gasteiger partial charge on any atom is -0.497 e. The number of hydrogen-bond donors (Lipinski definition) is 2. The van der Waals surface area contributed by atoms with E-state index in [0.717, 1.165) is 17.7 Å². The van der Waals surface area contributed by atoms with Crippen LogP contribution in [0.25, 0.3) is 28.0 Å². The first-order chi connectivity index (χ1) is 16.1. The summed E-state index contributed by atoms with van der Waals surface area (Å²) >= 11 is 1.72. The molecule has 7 nitrogen and oxygen atoms in total. The van der Waals surface area contributed by atoms with Crippen LogP contribution in [0.3, 0.4) is 0 Å². The molecule has 5 aromatic rings. The Labute approximate surface area is 193 Å². The van der Waals surface area contributed by atoms with Gasteiger partial charge in [0.15, 0.2) is 5.65 Å². The molecule has 9 heteroatoms. The van der Waals surface area contributed by atoms with E-state index in [1.54, 1.807) is 35.3 Å². The third-order valence-electron chi connectivity index (χ3n) is 5.24. The van der Waals surface area contributed by atoms with Gasteiger partial charge in [0.25, 0.3) is 0 Å². The van der Waals surface area contributed by atoms with Gasteiger partial charge in [0.1, 0.15) is 17.4 Å². The summed E-state index contributed by atoms with van der Waals surface area (Å²) in [6.07, 6.45) is 0.864. The highest BCUT2D eigenvalue weighted by atomic mass is 32.1. The molecule has 0 aliphatic heterocycles. The van der Waals surface area contributed by atoms with Crippen LogP contribution in [0.5, 0.6) is 5.75 Å². The second-order valence-corrected chi connectivity index (χ2v) is 8.38. The number of hydrogen-bond acceptors (Lipinski definition) is 7. The number of nitrogens with zero attached hydrogens (tertiary/aromatic N) is 4. The van der Waals surface area contributed by atoms with Crippen LogP contribution >= 0.6 is 11.3 Å². The number of nitrogens with one attached hydrogen (secondary N) is 1. The van der Waals surface area contributed by atoms with Gasteiger partial charge in [-0.05, 0) is 66.4 Å². The lowest BCUT2D eigenvalue weighted by molar-refractivity contribution is 0.415. The number of nitrogen functional groups attached to an aromatic ring is 1. The van der Waals surface area contributed by atoms with Crippen molar-refractivity contribution in [2.24, 2.45) is 0 Å². The monoisotopic (exact) mass is 460 g/mol. The number of nitrogens with two attached hydrogens (primary N) is 1. The van der Waals surface area contributed by atoms with Crippen LogP contribution in [0, 0.1) is 5.82 Å². The summed E-state index contributed by atoms with van der Waals surface area (Å²) in [7, 11) is 1.62. The first kappa shape index (κ1) is 20.9. The Bertz CT molecular complexity index is 1380. The van der Waals surface area contributed by atoms with Crippen LogP contribution in [-0.2, 0) is 6.42 Å². The number of methoxy groups -OCH3 is 1. The third kappa shape index (κ3) is 4.22. The predicted molar refractivity (Wildman–Crippen MR) is 130 cm³/mol. The van der Waals surface area contributed by atoms with E-state index in [1.165, 1.54) is 17.0 Å². The van der Waals surface area contributed by atoms with Crippen molar-refractivity contribution < 1.29 is 9.13 Å². The van der Waals surface area contributed by atoms with Crippen LogP contribution in [0.4, 0.5) is 16.2 Å². The van der Waals surface area contributed by atoms with Gasteiger partial charge in [0, 0.05) is 17.0 Å². The molecule has 0 saturated heterocycles. The molecule has 0 amide bonds. The van der Waals surface area contributed by atoms with Gasteiger partial charge in [-0.1, -0.05) is 6.07 Å². The first-order valence-electron chi connectivity index (χ1n) is 10.4. The fourth-order valence-electron chi connectivity index (χ4n) is 3.58. The molecule has 3 N–H and O–H groups in total. The van der Waals surface area contributed by atoms with Gasteiger partial charge in [0.05, 0.1) is 23.9 Å². The molecule has 2 aromatic carbocycles. The number of anilines is 2. The molecule has 0 aliphatic carbocycles. The van der Waals surface area contributed by atoms with Crippen LogP contribution in [-0.4, -0.2) is 33.4 Å². The lowest BCUT2D eigenvalue weighted by Crippen LogP contribution is -2.08. The summed E-state index contributed by atoms with van der Waals surface area (Å²) in [5.74, 6) is 1.26. The first-order valence-corrected chi connectivity index (χ1v) is 11.2. The standard InChI is InChI=1S/C24H21FN6OS/c1-32-18-10-4-15(5-11-18)21-20-22(26)31(17-8-6-16(25)7-9-17)30-23(20)29-24(28-21)27-13-12-19-3-2-14-33-19/h2-11,14H,12-13,26H2,1H3,(H,27,29,30). The highest BCUT2D eigenvalue weighted by molar-refractivity contribution is 7.09. The van der Waals surface area contributed by atoms with E-state index in [4.69, 9.17) is 15.5 Å². The third-order valence-corrected chi connectivity index (χ3v) is 6.17. The Hall–Kier alpha value is -3.98. The van der Waals surface area contributed by atoms with Gasteiger partial charge in [-0.3, -0.25) is 0 Å². The van der Waals surface area contributed by atoms with Crippen LogP contribution in [0.2, 0.25) is 0 Å². The van der Waals surface area contributed by atoms with Gasteiger partial charge in [0.2, 0.25) is 5.95 Å². The fourth-order valence-corrected chi connectivity index (χ4v) is 4.29. The molecule has 0 atom stereocenters. The lowest BCUT2D eigenvalue weighted by atomic mass is 10.1. The minimum absolute atomic E-state index is 0.329. The van der Waals surface area contributed by atoms with Gasteiger partial charge >= 0.3 is 0 Å². The number of fused-ring (bicyclic) bond motifs is 1. The maximum absolute atomic E-state index is 13.4. The molecule has 0 spiro atoms. The lowest BCUT2D eigenvalue weighted by Gasteiger charge is -2.09. The van der Waals surface area contributed by atoms with Crippen molar-refractivity contribution in [1.29, 1.82) is 0 Å². The zero-order chi connectivity index (χ0) is 22.8. The van der Waals surface area contributed by atoms with Gasteiger partial charge in [-0.25, -0.2) is 14.1 Å². The molecule has 0 fully saturated rings. The number of thiophene rings is 1. The highest BCUT2D eigenvalue weighted by Crippen LogP contribution is 2.33. The summed E-state index contributed by atoms with van der Waals surface area (Å²) in [4.78, 5) is 10.7. The van der Waals surface area contributed by atoms with Crippen LogP contribution in [0.1, 0.15) is 4.88 Å². The molecule has 0 aliphatic rings. The Morgan fingerprint density at radius 3 is 2.55 bits per heavy atom. The van der Waals surface area contributed by atoms with E-state index < -0.39 is 0 Å². The van der Waals surface area contributed by atoms with Crippen molar-refractivity contribution in [1.82, 2.24) is 19.7 Å². The number of benzene rings is 2. The van der Waals surface area contributed by atoms with E-state index in [-0.39, 0.29) is 5.82 Å². The van der Waals surface area contributed by atoms with Crippen molar-refractivity contribution in [2.45, 2.75) is 6.42 Å². The summed E-state index contributed by atoms with van der Waals surface area (Å²) in [6.45, 7) is 0.683. The molecule has 5 rings (SSSR count). The molecule has 0 radical (unpaired) electrons. The average molecular weight is 461 g/mol. The molecule has 3 heterocycles. The molecule has 0 bridgehead atoms.